The fourth-order valence-electron chi connectivity index (χ4n) is 6.00. The van der Waals surface area contributed by atoms with Gasteiger partial charge in [0, 0.05) is 24.2 Å². The second-order valence-electron chi connectivity index (χ2n) is 12.0. The Morgan fingerprint density at radius 3 is 2.35 bits per heavy atom. The molecule has 12 nitrogen and oxygen atoms in total. The number of amides is 4. The summed E-state index contributed by atoms with van der Waals surface area (Å²) < 4.78 is 0. The molecule has 0 radical (unpaired) electrons. The second kappa shape index (κ2) is 16.5. The van der Waals surface area contributed by atoms with Crippen LogP contribution < -0.4 is 26.6 Å². The Balaban J connectivity index is 1.64. The molecular weight excluding hydrogens is 590 g/mol. The molecule has 46 heavy (non-hydrogen) atoms. The van der Waals surface area contributed by atoms with E-state index >= 15 is 0 Å². The van der Waals surface area contributed by atoms with Crippen molar-refractivity contribution in [2.45, 2.75) is 89.3 Å². The van der Waals surface area contributed by atoms with Gasteiger partial charge in [-0.1, -0.05) is 56.9 Å². The lowest BCUT2D eigenvalue weighted by atomic mass is 9.83. The molecule has 3 aliphatic rings. The molecule has 6 N–H and O–H groups in total. The maximum absolute atomic E-state index is 13.9. The number of carbonyl (C=O) groups excluding carboxylic acids is 5. The van der Waals surface area contributed by atoms with E-state index < -0.39 is 54.1 Å². The first-order valence-electron chi connectivity index (χ1n) is 16.0. The molecule has 5 rings (SSSR count). The topological polar surface area (TPSA) is 183 Å². The number of fused-ring (bicyclic) bond motifs is 10. The van der Waals surface area contributed by atoms with Crippen LogP contribution in [0.5, 0.6) is 0 Å². The minimum absolute atomic E-state index is 0.0651. The summed E-state index contributed by atoms with van der Waals surface area (Å²) in [6.45, 7) is 1.04. The predicted octanol–water partition coefficient (Wildman–Crippen LogP) is 2.52. The van der Waals surface area contributed by atoms with Gasteiger partial charge in [-0.3, -0.25) is 28.8 Å². The second-order valence-corrected chi connectivity index (χ2v) is 12.0. The van der Waals surface area contributed by atoms with Crippen molar-refractivity contribution in [2.75, 3.05) is 11.9 Å². The molecule has 1 aliphatic carbocycles. The van der Waals surface area contributed by atoms with Crippen molar-refractivity contribution in [2.24, 2.45) is 5.92 Å². The van der Waals surface area contributed by atoms with Gasteiger partial charge in [0.2, 0.25) is 23.5 Å². The van der Waals surface area contributed by atoms with E-state index in [4.69, 9.17) is 5.11 Å². The summed E-state index contributed by atoms with van der Waals surface area (Å²) in [5, 5.41) is 22.7. The van der Waals surface area contributed by atoms with E-state index in [2.05, 4.69) is 21.3 Å². The van der Waals surface area contributed by atoms with E-state index in [1.54, 1.807) is 6.92 Å². The van der Waals surface area contributed by atoms with Crippen LogP contribution in [-0.2, 0) is 41.6 Å². The lowest BCUT2D eigenvalue weighted by Gasteiger charge is -2.31. The standard InChI is InChI=1S/C34H43N5O7/c1-2-7-26(31(43)34(46)35-20-29(41)42)37-32(44)27-19-22-8-6-11-25(18-22)36-24-15-12-21(13-16-24)14-17-28(40)39-30(33(45)38-27)23-9-4-3-5-10-23/h6,8,11-13,15-16,18,23,26-27,30,36H,2-5,7,9-10,14,17,19-20H2,1H3,(H,35,46)(H,37,44)(H,38,45)(H,39,40)(H,41,42). The van der Waals surface area contributed by atoms with E-state index in [9.17, 15) is 28.8 Å². The summed E-state index contributed by atoms with van der Waals surface area (Å²) in [7, 11) is 0. The molecule has 12 heteroatoms. The van der Waals surface area contributed by atoms with Gasteiger partial charge in [-0.15, -0.1) is 0 Å². The van der Waals surface area contributed by atoms with E-state index in [1.165, 1.54) is 0 Å². The minimum Gasteiger partial charge on any atom is -0.480 e. The van der Waals surface area contributed by atoms with Crippen molar-refractivity contribution in [1.29, 1.82) is 0 Å². The zero-order valence-electron chi connectivity index (χ0n) is 26.1. The molecule has 0 aromatic heterocycles. The van der Waals surface area contributed by atoms with Crippen LogP contribution in [0.2, 0.25) is 0 Å². The Hall–Kier alpha value is -4.74. The van der Waals surface area contributed by atoms with Crippen LogP contribution in [0.1, 0.15) is 69.4 Å². The maximum atomic E-state index is 13.9. The number of carboxylic acids is 1. The summed E-state index contributed by atoms with van der Waals surface area (Å²) in [5.41, 5.74) is 3.33. The fraction of sp³-hybridized carbons (Fsp3) is 0.471. The van der Waals surface area contributed by atoms with Gasteiger partial charge in [0.05, 0.1) is 6.04 Å². The number of ketones is 1. The van der Waals surface area contributed by atoms with Crippen LogP contribution in [0, 0.1) is 5.92 Å². The third kappa shape index (κ3) is 9.88. The van der Waals surface area contributed by atoms with Gasteiger partial charge >= 0.3 is 5.97 Å². The van der Waals surface area contributed by atoms with Gasteiger partial charge in [-0.05, 0) is 67.0 Å². The molecule has 1 saturated carbocycles. The van der Waals surface area contributed by atoms with Crippen molar-refractivity contribution >= 4 is 46.8 Å². The normalized spacial score (nSPS) is 19.8. The molecule has 2 aromatic carbocycles. The Labute approximate surface area is 268 Å². The van der Waals surface area contributed by atoms with E-state index in [1.807, 2.05) is 53.8 Å². The number of hydrogen-bond acceptors (Lipinski definition) is 7. The van der Waals surface area contributed by atoms with Gasteiger partial charge in [0.25, 0.3) is 5.91 Å². The number of anilines is 2. The van der Waals surface area contributed by atoms with Crippen LogP contribution in [0.3, 0.4) is 0 Å². The zero-order valence-corrected chi connectivity index (χ0v) is 26.1. The summed E-state index contributed by atoms with van der Waals surface area (Å²) >= 11 is 0. The first kappa shape index (κ1) is 34.1. The molecular formula is C34H43N5O7. The minimum atomic E-state index is -1.31. The summed E-state index contributed by atoms with van der Waals surface area (Å²) in [5.74, 6) is -4.92. The smallest absolute Gasteiger partial charge is 0.322 e. The van der Waals surface area contributed by atoms with Crippen LogP contribution in [0.15, 0.2) is 48.5 Å². The molecule has 3 atom stereocenters. The number of aliphatic carboxylic acids is 1. The van der Waals surface area contributed by atoms with Crippen molar-refractivity contribution in [3.8, 4) is 0 Å². The zero-order chi connectivity index (χ0) is 33.1. The molecule has 0 spiro atoms. The summed E-state index contributed by atoms with van der Waals surface area (Å²) in [4.78, 5) is 77.1. The van der Waals surface area contributed by atoms with Crippen molar-refractivity contribution < 1.29 is 33.9 Å². The van der Waals surface area contributed by atoms with Gasteiger partial charge < -0.3 is 31.7 Å². The van der Waals surface area contributed by atoms with Crippen LogP contribution in [0.4, 0.5) is 11.4 Å². The lowest BCUT2D eigenvalue weighted by Crippen LogP contribution is -2.58. The fourth-order valence-corrected chi connectivity index (χ4v) is 6.00. The first-order valence-corrected chi connectivity index (χ1v) is 16.0. The Morgan fingerprint density at radius 1 is 0.913 bits per heavy atom. The Morgan fingerprint density at radius 2 is 1.65 bits per heavy atom. The number of aryl methyl sites for hydroxylation is 1. The first-order chi connectivity index (χ1) is 22.1. The molecule has 0 saturated heterocycles. The van der Waals surface area contributed by atoms with Crippen molar-refractivity contribution in [3.63, 3.8) is 0 Å². The predicted molar refractivity (Wildman–Crippen MR) is 171 cm³/mol. The monoisotopic (exact) mass is 633 g/mol. The molecule has 3 unspecified atom stereocenters. The van der Waals surface area contributed by atoms with Crippen LogP contribution in [0.25, 0.3) is 0 Å². The molecule has 246 valence electrons. The summed E-state index contributed by atoms with van der Waals surface area (Å²) in [6, 6.07) is 12.0. The number of carbonyl (C=O) groups is 6. The van der Waals surface area contributed by atoms with Crippen molar-refractivity contribution in [1.82, 2.24) is 21.3 Å². The quantitative estimate of drug-likeness (QED) is 0.228. The third-order valence-corrected chi connectivity index (χ3v) is 8.44. The molecule has 4 amide bonds. The number of rotatable bonds is 9. The van der Waals surface area contributed by atoms with E-state index in [-0.39, 0.29) is 31.1 Å². The van der Waals surface area contributed by atoms with E-state index in [0.29, 0.717) is 12.8 Å². The highest BCUT2D eigenvalue weighted by molar-refractivity contribution is 6.38. The van der Waals surface area contributed by atoms with Gasteiger partial charge in [0.1, 0.15) is 18.6 Å². The molecule has 1 fully saturated rings. The van der Waals surface area contributed by atoms with Gasteiger partial charge in [0.15, 0.2) is 0 Å². The maximum Gasteiger partial charge on any atom is 0.322 e. The van der Waals surface area contributed by atoms with Gasteiger partial charge in [-0.25, -0.2) is 0 Å². The largest absolute Gasteiger partial charge is 0.480 e. The van der Waals surface area contributed by atoms with E-state index in [0.717, 1.165) is 54.6 Å². The number of nitrogens with one attached hydrogen (secondary N) is 5. The molecule has 4 bridgehead atoms. The number of Topliss-reactive ketones (excluding diaryl/α,β-unsaturated/α-hetero) is 1. The SMILES string of the molecule is CCCC(NC(=O)C1Cc2cccc(c2)Nc2ccc(cc2)CCC(=O)NC(C2CCCCC2)C(=O)N1)C(=O)C(=O)NCC(=O)O. The van der Waals surface area contributed by atoms with Crippen molar-refractivity contribution in [3.05, 3.63) is 59.7 Å². The molecule has 2 aliphatic heterocycles. The molecule has 2 heterocycles. The Kier molecular flexibility index (Phi) is 12.3. The Bertz CT molecular complexity index is 1420. The number of benzene rings is 2. The average molecular weight is 634 g/mol. The van der Waals surface area contributed by atoms with Crippen LogP contribution >= 0.6 is 0 Å². The highest BCUT2D eigenvalue weighted by Gasteiger charge is 2.35. The number of hydrogen-bond donors (Lipinski definition) is 6. The van der Waals surface area contributed by atoms with Gasteiger partial charge in [-0.2, -0.15) is 0 Å². The highest BCUT2D eigenvalue weighted by Crippen LogP contribution is 2.27. The van der Waals surface area contributed by atoms with Crippen LogP contribution in [-0.4, -0.2) is 65.2 Å². The average Bonchev–Trinajstić information content (AvgIpc) is 3.05. The lowest BCUT2D eigenvalue weighted by molar-refractivity contribution is -0.143. The molecule has 2 aromatic rings. The highest BCUT2D eigenvalue weighted by atomic mass is 16.4. The summed E-state index contributed by atoms with van der Waals surface area (Å²) in [6.07, 6.45) is 5.79. The number of carboxylic acid groups (broad SMARTS) is 1. The third-order valence-electron chi connectivity index (χ3n) is 8.44.